The van der Waals surface area contributed by atoms with Crippen molar-refractivity contribution in [1.29, 1.82) is 0 Å². The molecule has 2 nitrogen and oxygen atoms in total. The molecule has 0 radical (unpaired) electrons. The van der Waals surface area contributed by atoms with Crippen LogP contribution in [0.5, 0.6) is 0 Å². The van der Waals surface area contributed by atoms with Gasteiger partial charge in [-0.25, -0.2) is 0 Å². The summed E-state index contributed by atoms with van der Waals surface area (Å²) >= 11 is 0. The summed E-state index contributed by atoms with van der Waals surface area (Å²) < 4.78 is 2.22. The van der Waals surface area contributed by atoms with E-state index in [4.69, 9.17) is 0 Å². The first-order valence-electron chi connectivity index (χ1n) is 5.78. The van der Waals surface area contributed by atoms with Crippen molar-refractivity contribution in [2.75, 3.05) is 6.54 Å². The quantitative estimate of drug-likeness (QED) is 0.809. The Morgan fingerprint density at radius 1 is 1.06 bits per heavy atom. The third-order valence-electron chi connectivity index (χ3n) is 2.60. The first-order chi connectivity index (χ1) is 7.88. The molecule has 1 N–H and O–H groups in total. The second kappa shape index (κ2) is 5.52. The van der Waals surface area contributed by atoms with Crippen LogP contribution in [-0.2, 0) is 13.1 Å². The third-order valence-corrected chi connectivity index (χ3v) is 2.60. The Morgan fingerprint density at radius 3 is 2.62 bits per heavy atom. The zero-order valence-corrected chi connectivity index (χ0v) is 9.69. The molecule has 0 aliphatic carbocycles. The van der Waals surface area contributed by atoms with Crippen molar-refractivity contribution in [3.05, 3.63) is 59.9 Å². The lowest BCUT2D eigenvalue weighted by atomic mass is 10.2. The van der Waals surface area contributed by atoms with E-state index in [9.17, 15) is 0 Å². The van der Waals surface area contributed by atoms with Gasteiger partial charge in [-0.05, 0) is 23.7 Å². The maximum Gasteiger partial charge on any atom is 0.0470 e. The molecular weight excluding hydrogens is 196 g/mol. The number of rotatable bonds is 5. The van der Waals surface area contributed by atoms with Gasteiger partial charge in [-0.2, -0.15) is 0 Å². The summed E-state index contributed by atoms with van der Waals surface area (Å²) in [7, 11) is 0. The minimum Gasteiger partial charge on any atom is -0.350 e. The average molecular weight is 214 g/mol. The first kappa shape index (κ1) is 11.0. The van der Waals surface area contributed by atoms with E-state index in [1.54, 1.807) is 0 Å². The number of hydrogen-bond acceptors (Lipinski definition) is 1. The Morgan fingerprint density at radius 2 is 1.88 bits per heavy atom. The SMILES string of the molecule is CCNCc1ccn(Cc2ccccc2)c1. The van der Waals surface area contributed by atoms with Gasteiger partial charge < -0.3 is 9.88 Å². The lowest BCUT2D eigenvalue weighted by Gasteiger charge is -2.02. The minimum absolute atomic E-state index is 0.951. The molecule has 2 aromatic rings. The Labute approximate surface area is 96.9 Å². The van der Waals surface area contributed by atoms with Crippen LogP contribution in [0.3, 0.4) is 0 Å². The van der Waals surface area contributed by atoms with Crippen LogP contribution in [0, 0.1) is 0 Å². The Bertz CT molecular complexity index is 417. The highest BCUT2D eigenvalue weighted by Crippen LogP contribution is 2.06. The van der Waals surface area contributed by atoms with Crippen LogP contribution in [0.4, 0.5) is 0 Å². The molecule has 0 aliphatic rings. The highest BCUT2D eigenvalue weighted by Gasteiger charge is 1.97. The zero-order chi connectivity index (χ0) is 11.2. The van der Waals surface area contributed by atoms with Gasteiger partial charge in [0.1, 0.15) is 0 Å². The van der Waals surface area contributed by atoms with E-state index in [0.29, 0.717) is 0 Å². The normalized spacial score (nSPS) is 10.6. The summed E-state index contributed by atoms with van der Waals surface area (Å²) in [4.78, 5) is 0. The van der Waals surface area contributed by atoms with Crippen LogP contribution >= 0.6 is 0 Å². The fraction of sp³-hybridized carbons (Fsp3) is 0.286. The van der Waals surface area contributed by atoms with Gasteiger partial charge in [0, 0.05) is 25.5 Å². The van der Waals surface area contributed by atoms with Gasteiger partial charge >= 0.3 is 0 Å². The maximum absolute atomic E-state index is 3.33. The Balaban J connectivity index is 1.97. The molecular formula is C14H18N2. The van der Waals surface area contributed by atoms with Gasteiger partial charge in [-0.3, -0.25) is 0 Å². The second-order valence-electron chi connectivity index (χ2n) is 3.96. The predicted molar refractivity (Wildman–Crippen MR) is 67.4 cm³/mol. The minimum atomic E-state index is 0.951. The molecule has 0 saturated carbocycles. The van der Waals surface area contributed by atoms with E-state index >= 15 is 0 Å². The van der Waals surface area contributed by atoms with Crippen LogP contribution in [0.1, 0.15) is 18.1 Å². The summed E-state index contributed by atoms with van der Waals surface area (Å²) in [6, 6.07) is 12.7. The molecule has 1 aromatic heterocycles. The first-order valence-corrected chi connectivity index (χ1v) is 5.78. The lowest BCUT2D eigenvalue weighted by molar-refractivity contribution is 0.721. The third kappa shape index (κ3) is 2.97. The van der Waals surface area contributed by atoms with E-state index in [1.807, 2.05) is 0 Å². The van der Waals surface area contributed by atoms with E-state index in [-0.39, 0.29) is 0 Å². The summed E-state index contributed by atoms with van der Waals surface area (Å²) in [5, 5.41) is 3.33. The molecule has 0 bridgehead atoms. The van der Waals surface area contributed by atoms with Crippen molar-refractivity contribution in [2.24, 2.45) is 0 Å². The zero-order valence-electron chi connectivity index (χ0n) is 9.69. The summed E-state index contributed by atoms with van der Waals surface area (Å²) in [5.41, 5.74) is 2.69. The molecule has 0 spiro atoms. The van der Waals surface area contributed by atoms with Gasteiger partial charge in [0.05, 0.1) is 0 Å². The lowest BCUT2D eigenvalue weighted by Crippen LogP contribution is -2.11. The Kier molecular flexibility index (Phi) is 3.78. The number of hydrogen-bond donors (Lipinski definition) is 1. The van der Waals surface area contributed by atoms with Crippen LogP contribution in [0.2, 0.25) is 0 Å². The summed E-state index contributed by atoms with van der Waals surface area (Å²) in [6.07, 6.45) is 4.34. The average Bonchev–Trinajstić information content (AvgIpc) is 2.75. The van der Waals surface area contributed by atoms with Crippen molar-refractivity contribution in [3.63, 3.8) is 0 Å². The topological polar surface area (TPSA) is 17.0 Å². The summed E-state index contributed by atoms with van der Waals surface area (Å²) in [6.45, 7) is 5.05. The van der Waals surface area contributed by atoms with Crippen LogP contribution < -0.4 is 5.32 Å². The molecule has 0 unspecified atom stereocenters. The molecule has 1 heterocycles. The highest BCUT2D eigenvalue weighted by molar-refractivity contribution is 5.17. The fourth-order valence-electron chi connectivity index (χ4n) is 1.76. The van der Waals surface area contributed by atoms with E-state index in [0.717, 1.165) is 19.6 Å². The largest absolute Gasteiger partial charge is 0.350 e. The number of nitrogens with zero attached hydrogens (tertiary/aromatic N) is 1. The number of aromatic nitrogens is 1. The summed E-state index contributed by atoms with van der Waals surface area (Å²) in [5.74, 6) is 0. The number of benzene rings is 1. The van der Waals surface area contributed by atoms with E-state index in [2.05, 4.69) is 65.6 Å². The fourth-order valence-corrected chi connectivity index (χ4v) is 1.76. The predicted octanol–water partition coefficient (Wildman–Crippen LogP) is 2.65. The van der Waals surface area contributed by atoms with Crippen molar-refractivity contribution < 1.29 is 0 Å². The molecule has 0 fully saturated rings. The molecule has 0 aliphatic heterocycles. The van der Waals surface area contributed by atoms with Crippen LogP contribution in [-0.4, -0.2) is 11.1 Å². The molecule has 0 atom stereocenters. The smallest absolute Gasteiger partial charge is 0.0470 e. The standard InChI is InChI=1S/C14H18N2/c1-2-15-10-14-8-9-16(12-14)11-13-6-4-3-5-7-13/h3-9,12,15H,2,10-11H2,1H3. The molecule has 2 heteroatoms. The molecule has 0 saturated heterocycles. The monoisotopic (exact) mass is 214 g/mol. The van der Waals surface area contributed by atoms with Crippen LogP contribution in [0.15, 0.2) is 48.8 Å². The van der Waals surface area contributed by atoms with Gasteiger partial charge in [-0.1, -0.05) is 37.3 Å². The van der Waals surface area contributed by atoms with Crippen molar-refractivity contribution in [1.82, 2.24) is 9.88 Å². The van der Waals surface area contributed by atoms with Crippen molar-refractivity contribution in [2.45, 2.75) is 20.0 Å². The Hall–Kier alpha value is -1.54. The number of nitrogens with one attached hydrogen (secondary N) is 1. The molecule has 1 aromatic carbocycles. The van der Waals surface area contributed by atoms with Gasteiger partial charge in [0.15, 0.2) is 0 Å². The van der Waals surface area contributed by atoms with Gasteiger partial charge in [-0.15, -0.1) is 0 Å². The van der Waals surface area contributed by atoms with Crippen LogP contribution in [0.25, 0.3) is 0 Å². The van der Waals surface area contributed by atoms with E-state index in [1.165, 1.54) is 11.1 Å². The molecule has 2 rings (SSSR count). The molecule has 0 amide bonds. The van der Waals surface area contributed by atoms with Crippen molar-refractivity contribution >= 4 is 0 Å². The molecule has 84 valence electrons. The van der Waals surface area contributed by atoms with E-state index < -0.39 is 0 Å². The van der Waals surface area contributed by atoms with Gasteiger partial charge in [0.25, 0.3) is 0 Å². The van der Waals surface area contributed by atoms with Gasteiger partial charge in [0.2, 0.25) is 0 Å². The molecule has 16 heavy (non-hydrogen) atoms. The second-order valence-corrected chi connectivity index (χ2v) is 3.96. The highest BCUT2D eigenvalue weighted by atomic mass is 14.9. The maximum atomic E-state index is 3.33. The van der Waals surface area contributed by atoms with Crippen molar-refractivity contribution in [3.8, 4) is 0 Å².